The molecule has 0 spiro atoms. The molecule has 0 aliphatic carbocycles. The van der Waals surface area contributed by atoms with E-state index in [0.717, 1.165) is 16.7 Å². The molecule has 1 heterocycles. The maximum absolute atomic E-state index is 13.3. The molecule has 6 heteroatoms. The van der Waals surface area contributed by atoms with Gasteiger partial charge >= 0.3 is 0 Å². The Morgan fingerprint density at radius 1 is 0.771 bits per heavy atom. The third-order valence-corrected chi connectivity index (χ3v) is 5.94. The molecule has 0 bridgehead atoms. The van der Waals surface area contributed by atoms with Gasteiger partial charge in [-0.2, -0.15) is 0 Å². The molecular weight excluding hydrogens is 444 g/mol. The zero-order chi connectivity index (χ0) is 24.5. The molecule has 1 aliphatic heterocycles. The van der Waals surface area contributed by atoms with Crippen LogP contribution in [0, 0.1) is 0 Å². The zero-order valence-electron chi connectivity index (χ0n) is 19.9. The monoisotopic (exact) mass is 476 g/mol. The molecule has 0 amide bonds. The smallest absolute Gasteiger partial charge is 0.195 e. The molecule has 1 unspecified atom stereocenters. The Morgan fingerprint density at radius 2 is 1.26 bits per heavy atom. The van der Waals surface area contributed by atoms with Crippen LogP contribution < -0.4 is 0 Å². The number of carbonyl (C=O) groups excluding carboxylic acids is 1. The highest BCUT2D eigenvalue weighted by Crippen LogP contribution is 2.27. The molecule has 0 aromatic heterocycles. The number of benzene rings is 3. The molecule has 1 fully saturated rings. The number of hydrogen-bond acceptors (Lipinski definition) is 6. The second kappa shape index (κ2) is 12.7. The van der Waals surface area contributed by atoms with Gasteiger partial charge < -0.3 is 24.1 Å². The van der Waals surface area contributed by atoms with Crippen molar-refractivity contribution in [3.8, 4) is 0 Å². The van der Waals surface area contributed by atoms with Crippen LogP contribution in [0.5, 0.6) is 0 Å². The standard InChI is InChI=1S/C29H32O6/c1-21(30)27-26(31)29(34-19-24-15-9-4-10-16-24)28(33-18-23-13-7-3-8-14-23)25(35-27)20-32-17-22-11-5-2-6-12-22/h2-16,21,25,27-30H,17-20H2,1H3/t21?,25-,27-,28-,29-/m1/s1. The SMILES string of the molecule is CC(O)[C@H]1O[C@H](COCc2ccccc2)[C@@H](OCc2ccccc2)[C@H](OCc2ccccc2)C1=O. The van der Waals surface area contributed by atoms with Crippen molar-refractivity contribution in [2.45, 2.75) is 57.3 Å². The van der Waals surface area contributed by atoms with Gasteiger partial charge in [0.2, 0.25) is 0 Å². The largest absolute Gasteiger partial charge is 0.390 e. The minimum Gasteiger partial charge on any atom is -0.390 e. The summed E-state index contributed by atoms with van der Waals surface area (Å²) in [7, 11) is 0. The second-order valence-electron chi connectivity index (χ2n) is 8.72. The van der Waals surface area contributed by atoms with E-state index in [1.165, 1.54) is 0 Å². The van der Waals surface area contributed by atoms with E-state index in [-0.39, 0.29) is 19.0 Å². The Kier molecular flexibility index (Phi) is 9.17. The first-order valence-corrected chi connectivity index (χ1v) is 11.9. The molecule has 184 valence electrons. The number of aliphatic hydroxyl groups is 1. The second-order valence-corrected chi connectivity index (χ2v) is 8.72. The van der Waals surface area contributed by atoms with Crippen LogP contribution in [0.15, 0.2) is 91.0 Å². The Morgan fingerprint density at radius 3 is 1.77 bits per heavy atom. The van der Waals surface area contributed by atoms with Gasteiger partial charge in [0, 0.05) is 0 Å². The predicted octanol–water partition coefficient (Wildman–Crippen LogP) is 4.09. The molecule has 0 radical (unpaired) electrons. The van der Waals surface area contributed by atoms with E-state index in [1.54, 1.807) is 6.92 Å². The quantitative estimate of drug-likeness (QED) is 0.449. The number of Topliss-reactive ketones (excluding diaryl/α,β-unsaturated/α-hetero) is 1. The average Bonchev–Trinajstić information content (AvgIpc) is 2.89. The number of hydrogen-bond donors (Lipinski definition) is 1. The molecule has 4 rings (SSSR count). The molecule has 1 aliphatic rings. The molecule has 1 saturated heterocycles. The van der Waals surface area contributed by atoms with Gasteiger partial charge in [0.1, 0.15) is 24.4 Å². The van der Waals surface area contributed by atoms with Gasteiger partial charge in [-0.05, 0) is 23.6 Å². The van der Waals surface area contributed by atoms with Gasteiger partial charge in [-0.15, -0.1) is 0 Å². The normalized spacial score (nSPS) is 23.2. The van der Waals surface area contributed by atoms with E-state index < -0.39 is 30.5 Å². The van der Waals surface area contributed by atoms with Crippen molar-refractivity contribution >= 4 is 5.78 Å². The van der Waals surface area contributed by atoms with Crippen LogP contribution >= 0.6 is 0 Å². The molecule has 1 N–H and O–H groups in total. The van der Waals surface area contributed by atoms with Crippen LogP contribution in [0.2, 0.25) is 0 Å². The van der Waals surface area contributed by atoms with Gasteiger partial charge in [0.25, 0.3) is 0 Å². The summed E-state index contributed by atoms with van der Waals surface area (Å²) in [5.41, 5.74) is 2.95. The minimum atomic E-state index is -1.02. The van der Waals surface area contributed by atoms with Crippen LogP contribution in [0.4, 0.5) is 0 Å². The van der Waals surface area contributed by atoms with Crippen LogP contribution in [0.25, 0.3) is 0 Å². The third-order valence-electron chi connectivity index (χ3n) is 5.94. The molecule has 0 saturated carbocycles. The lowest BCUT2D eigenvalue weighted by atomic mass is 9.93. The number of ketones is 1. The summed E-state index contributed by atoms with van der Waals surface area (Å²) in [5, 5.41) is 10.3. The van der Waals surface area contributed by atoms with Crippen LogP contribution in [0.1, 0.15) is 23.6 Å². The molecular formula is C29H32O6. The lowest BCUT2D eigenvalue weighted by Gasteiger charge is -2.41. The fourth-order valence-corrected chi connectivity index (χ4v) is 4.10. The minimum absolute atomic E-state index is 0.191. The van der Waals surface area contributed by atoms with Crippen molar-refractivity contribution in [2.24, 2.45) is 0 Å². The van der Waals surface area contributed by atoms with Crippen molar-refractivity contribution in [2.75, 3.05) is 6.61 Å². The Balaban J connectivity index is 1.52. The van der Waals surface area contributed by atoms with E-state index in [4.69, 9.17) is 18.9 Å². The Hall–Kier alpha value is -2.87. The van der Waals surface area contributed by atoms with E-state index in [1.807, 2.05) is 91.0 Å². The summed E-state index contributed by atoms with van der Waals surface area (Å²) >= 11 is 0. The Bertz CT molecular complexity index is 1020. The first kappa shape index (κ1) is 25.2. The van der Waals surface area contributed by atoms with Gasteiger partial charge in [-0.25, -0.2) is 0 Å². The maximum atomic E-state index is 13.3. The van der Waals surface area contributed by atoms with E-state index in [2.05, 4.69) is 0 Å². The lowest BCUT2D eigenvalue weighted by molar-refractivity contribution is -0.223. The van der Waals surface area contributed by atoms with Gasteiger partial charge in [0.05, 0.1) is 32.5 Å². The summed E-state index contributed by atoms with van der Waals surface area (Å²) < 4.78 is 24.4. The maximum Gasteiger partial charge on any atom is 0.195 e. The first-order valence-electron chi connectivity index (χ1n) is 11.9. The highest BCUT2D eigenvalue weighted by atomic mass is 16.6. The number of aliphatic hydroxyl groups excluding tert-OH is 1. The summed E-state index contributed by atoms with van der Waals surface area (Å²) in [6.45, 7) is 2.67. The van der Waals surface area contributed by atoms with Crippen molar-refractivity contribution in [1.82, 2.24) is 0 Å². The van der Waals surface area contributed by atoms with Crippen molar-refractivity contribution in [3.05, 3.63) is 108 Å². The number of rotatable bonds is 11. The van der Waals surface area contributed by atoms with Crippen molar-refractivity contribution in [1.29, 1.82) is 0 Å². The summed E-state index contributed by atoms with van der Waals surface area (Å²) in [4.78, 5) is 13.3. The average molecular weight is 477 g/mol. The zero-order valence-corrected chi connectivity index (χ0v) is 19.9. The van der Waals surface area contributed by atoms with Crippen LogP contribution in [-0.4, -0.2) is 48.0 Å². The summed E-state index contributed by atoms with van der Waals surface area (Å²) in [6.07, 6.45) is -4.20. The van der Waals surface area contributed by atoms with Gasteiger partial charge in [0.15, 0.2) is 5.78 Å². The highest BCUT2D eigenvalue weighted by Gasteiger charge is 2.48. The highest BCUT2D eigenvalue weighted by molar-refractivity contribution is 5.89. The van der Waals surface area contributed by atoms with E-state index in [0.29, 0.717) is 13.2 Å². The molecule has 3 aromatic carbocycles. The van der Waals surface area contributed by atoms with Gasteiger partial charge in [-0.3, -0.25) is 4.79 Å². The van der Waals surface area contributed by atoms with Crippen LogP contribution in [-0.2, 0) is 43.6 Å². The predicted molar refractivity (Wildman–Crippen MR) is 131 cm³/mol. The number of carbonyl (C=O) groups is 1. The van der Waals surface area contributed by atoms with Crippen molar-refractivity contribution in [3.63, 3.8) is 0 Å². The molecule has 35 heavy (non-hydrogen) atoms. The van der Waals surface area contributed by atoms with E-state index in [9.17, 15) is 9.90 Å². The lowest BCUT2D eigenvalue weighted by Crippen LogP contribution is -2.60. The van der Waals surface area contributed by atoms with Crippen molar-refractivity contribution < 1.29 is 28.8 Å². The fourth-order valence-electron chi connectivity index (χ4n) is 4.10. The molecule has 5 atom stereocenters. The summed E-state index contributed by atoms with van der Waals surface area (Å²) in [5.74, 6) is -0.326. The third kappa shape index (κ3) is 7.07. The topological polar surface area (TPSA) is 74.2 Å². The Labute approximate surface area is 206 Å². The number of ether oxygens (including phenoxy) is 4. The fraction of sp³-hybridized carbons (Fsp3) is 0.345. The first-order chi connectivity index (χ1) is 17.1. The summed E-state index contributed by atoms with van der Waals surface area (Å²) in [6, 6.07) is 29.2. The van der Waals surface area contributed by atoms with Crippen LogP contribution in [0.3, 0.4) is 0 Å². The molecule has 6 nitrogen and oxygen atoms in total. The van der Waals surface area contributed by atoms with Gasteiger partial charge in [-0.1, -0.05) is 91.0 Å². The molecule has 3 aromatic rings. The van der Waals surface area contributed by atoms with E-state index >= 15 is 0 Å².